The Morgan fingerprint density at radius 1 is 0.852 bits per heavy atom. The van der Waals surface area contributed by atoms with Crippen LogP contribution in [0.2, 0.25) is 0 Å². The lowest BCUT2D eigenvalue weighted by molar-refractivity contribution is 0.508. The van der Waals surface area contributed by atoms with E-state index in [-0.39, 0.29) is 16.2 Å². The normalized spacial score (nSPS) is 13.3. The van der Waals surface area contributed by atoms with Crippen LogP contribution < -0.4 is 0 Å². The molecule has 27 heavy (non-hydrogen) atoms. The maximum Gasteiger partial charge on any atom is 0.135 e. The van der Waals surface area contributed by atoms with Crippen molar-refractivity contribution in [3.8, 4) is 9.88 Å². The summed E-state index contributed by atoms with van der Waals surface area (Å²) in [5, 5.41) is 5.61. The minimum Gasteiger partial charge on any atom is -0.249 e. The second kappa shape index (κ2) is 7.05. The second-order valence-corrected chi connectivity index (χ2v) is 12.8. The smallest absolute Gasteiger partial charge is 0.135 e. The third kappa shape index (κ3) is 4.66. The van der Waals surface area contributed by atoms with E-state index in [1.807, 2.05) is 23.7 Å². The van der Waals surface area contributed by atoms with Crippen molar-refractivity contribution in [1.82, 2.24) is 15.0 Å². The highest BCUT2D eigenvalue weighted by atomic mass is 32.1. The zero-order valence-electron chi connectivity index (χ0n) is 17.5. The summed E-state index contributed by atoms with van der Waals surface area (Å²) in [6, 6.07) is 0. The lowest BCUT2D eigenvalue weighted by atomic mass is 9.86. The van der Waals surface area contributed by atoms with Gasteiger partial charge in [0.25, 0.3) is 0 Å². The molecule has 0 radical (unpaired) electrons. The van der Waals surface area contributed by atoms with Crippen molar-refractivity contribution in [2.75, 3.05) is 0 Å². The Kier molecular flexibility index (Phi) is 5.38. The molecule has 0 bridgehead atoms. The van der Waals surface area contributed by atoms with Gasteiger partial charge in [-0.1, -0.05) is 55.4 Å². The number of thiazole rings is 3. The van der Waals surface area contributed by atoms with E-state index >= 15 is 0 Å². The highest BCUT2D eigenvalue weighted by molar-refractivity contribution is 7.20. The van der Waals surface area contributed by atoms with Crippen LogP contribution in [-0.4, -0.2) is 15.0 Å². The maximum atomic E-state index is 4.97. The summed E-state index contributed by atoms with van der Waals surface area (Å²) in [6.07, 6.45) is 4.91. The average molecular weight is 420 g/mol. The predicted molar refractivity (Wildman–Crippen MR) is 119 cm³/mol. The van der Waals surface area contributed by atoms with Gasteiger partial charge >= 0.3 is 0 Å². The molecule has 0 aromatic carbocycles. The van der Waals surface area contributed by atoms with E-state index in [9.17, 15) is 0 Å². The second-order valence-electron chi connectivity index (χ2n) is 9.75. The molecular formula is C21H29N3S3. The molecule has 3 aromatic heterocycles. The van der Waals surface area contributed by atoms with Crippen LogP contribution in [0.4, 0.5) is 0 Å². The van der Waals surface area contributed by atoms with E-state index in [4.69, 9.17) is 4.98 Å². The zero-order chi connectivity index (χ0) is 20.0. The van der Waals surface area contributed by atoms with Crippen LogP contribution in [0.15, 0.2) is 17.8 Å². The van der Waals surface area contributed by atoms with Crippen molar-refractivity contribution in [3.63, 3.8) is 0 Å². The Hall–Kier alpha value is -1.11. The van der Waals surface area contributed by atoms with Crippen molar-refractivity contribution in [3.05, 3.63) is 38.4 Å². The minimum atomic E-state index is -0.0424. The third-order valence-electron chi connectivity index (χ3n) is 4.44. The molecule has 0 aliphatic carbocycles. The maximum absolute atomic E-state index is 4.97. The first-order valence-corrected chi connectivity index (χ1v) is 11.8. The van der Waals surface area contributed by atoms with Crippen molar-refractivity contribution < 1.29 is 0 Å². The van der Waals surface area contributed by atoms with Gasteiger partial charge in [0.15, 0.2) is 0 Å². The van der Waals surface area contributed by atoms with Gasteiger partial charge in [-0.15, -0.1) is 34.0 Å². The molecule has 146 valence electrons. The number of hydrogen-bond acceptors (Lipinski definition) is 6. The molecule has 0 amide bonds. The van der Waals surface area contributed by atoms with Gasteiger partial charge in [0.05, 0.1) is 20.6 Å². The molecule has 0 fully saturated rings. The van der Waals surface area contributed by atoms with Crippen LogP contribution in [0, 0.1) is 0 Å². The van der Waals surface area contributed by atoms with Crippen LogP contribution in [-0.2, 0) is 22.7 Å². The Labute approximate surface area is 175 Å². The van der Waals surface area contributed by atoms with Gasteiger partial charge in [-0.25, -0.2) is 15.0 Å². The lowest BCUT2D eigenvalue weighted by Gasteiger charge is -2.21. The number of hydrogen-bond donors (Lipinski definition) is 0. The molecule has 0 N–H and O–H groups in total. The first kappa shape index (κ1) is 20.6. The zero-order valence-corrected chi connectivity index (χ0v) is 20.0. The first-order valence-electron chi connectivity index (χ1n) is 9.24. The van der Waals surface area contributed by atoms with E-state index in [0.29, 0.717) is 0 Å². The summed E-state index contributed by atoms with van der Waals surface area (Å²) in [4.78, 5) is 16.7. The van der Waals surface area contributed by atoms with Crippen molar-refractivity contribution in [2.24, 2.45) is 0 Å². The average Bonchev–Trinajstić information content (AvgIpc) is 3.25. The summed E-state index contributed by atoms with van der Waals surface area (Å²) in [7, 11) is 0. The van der Waals surface area contributed by atoms with E-state index in [0.717, 1.165) is 27.0 Å². The molecule has 3 rings (SSSR count). The molecule has 0 unspecified atom stereocenters. The summed E-state index contributed by atoms with van der Waals surface area (Å²) in [5.41, 5.74) is 1.34. The quantitative estimate of drug-likeness (QED) is 0.465. The SMILES string of the molecule is CC(C)(C)c1cnc(CC(C)(C)c2csc(-c3cnc(C(C)(C)C)s3)n2)s1. The van der Waals surface area contributed by atoms with Gasteiger partial charge < -0.3 is 0 Å². The Morgan fingerprint density at radius 2 is 1.56 bits per heavy atom. The molecule has 0 saturated carbocycles. The predicted octanol–water partition coefficient (Wildman–Crippen LogP) is 6.84. The van der Waals surface area contributed by atoms with Gasteiger partial charge in [0.1, 0.15) is 5.01 Å². The van der Waals surface area contributed by atoms with Gasteiger partial charge in [0, 0.05) is 39.9 Å². The van der Waals surface area contributed by atoms with Gasteiger partial charge in [-0.3, -0.25) is 0 Å². The Balaban J connectivity index is 1.80. The molecule has 3 heterocycles. The molecule has 0 saturated heterocycles. The Morgan fingerprint density at radius 3 is 2.11 bits per heavy atom. The summed E-state index contributed by atoms with van der Waals surface area (Å²) >= 11 is 5.30. The molecule has 0 aliphatic rings. The van der Waals surface area contributed by atoms with Crippen LogP contribution in [0.5, 0.6) is 0 Å². The van der Waals surface area contributed by atoms with Crippen molar-refractivity contribution in [1.29, 1.82) is 0 Å². The van der Waals surface area contributed by atoms with E-state index in [2.05, 4.69) is 70.7 Å². The molecule has 6 heteroatoms. The fourth-order valence-electron chi connectivity index (χ4n) is 2.62. The third-order valence-corrected chi connectivity index (χ3v) is 8.30. The number of nitrogens with zero attached hydrogens (tertiary/aromatic N) is 3. The monoisotopic (exact) mass is 419 g/mol. The fourth-order valence-corrected chi connectivity index (χ4v) is 5.87. The van der Waals surface area contributed by atoms with Gasteiger partial charge in [0.2, 0.25) is 0 Å². The fraction of sp³-hybridized carbons (Fsp3) is 0.571. The molecule has 3 aromatic rings. The standard InChI is InChI=1S/C21H29N3S3/c1-19(2,3)15-11-22-16(27-15)9-21(7,8)14-12-25-17(24-14)13-10-23-18(26-13)20(4,5)6/h10-12H,9H2,1-8H3. The highest BCUT2D eigenvalue weighted by Gasteiger charge is 2.28. The van der Waals surface area contributed by atoms with E-state index in [1.165, 1.54) is 9.88 Å². The largest absolute Gasteiger partial charge is 0.249 e. The van der Waals surface area contributed by atoms with Crippen LogP contribution in [0.3, 0.4) is 0 Å². The minimum absolute atomic E-state index is 0.0424. The number of aromatic nitrogens is 3. The molecule has 0 aliphatic heterocycles. The molecule has 3 nitrogen and oxygen atoms in total. The van der Waals surface area contributed by atoms with Crippen LogP contribution >= 0.6 is 34.0 Å². The summed E-state index contributed by atoms with van der Waals surface area (Å²) < 4.78 is 0. The van der Waals surface area contributed by atoms with Crippen LogP contribution in [0.25, 0.3) is 9.88 Å². The van der Waals surface area contributed by atoms with Crippen LogP contribution in [0.1, 0.15) is 76.0 Å². The highest BCUT2D eigenvalue weighted by Crippen LogP contribution is 2.38. The van der Waals surface area contributed by atoms with E-state index in [1.54, 1.807) is 22.7 Å². The molecule has 0 spiro atoms. The van der Waals surface area contributed by atoms with Crippen molar-refractivity contribution in [2.45, 2.75) is 78.1 Å². The first-order chi connectivity index (χ1) is 12.4. The van der Waals surface area contributed by atoms with E-state index < -0.39 is 0 Å². The lowest BCUT2D eigenvalue weighted by Crippen LogP contribution is -2.20. The van der Waals surface area contributed by atoms with Gasteiger partial charge in [-0.05, 0) is 5.41 Å². The molecule has 0 atom stereocenters. The molecular weight excluding hydrogens is 390 g/mol. The topological polar surface area (TPSA) is 38.7 Å². The Bertz CT molecular complexity index is 917. The number of rotatable bonds is 4. The summed E-state index contributed by atoms with van der Waals surface area (Å²) in [6.45, 7) is 17.8. The van der Waals surface area contributed by atoms with Crippen molar-refractivity contribution >= 4 is 34.0 Å². The summed E-state index contributed by atoms with van der Waals surface area (Å²) in [5.74, 6) is 0. The van der Waals surface area contributed by atoms with Gasteiger partial charge in [-0.2, -0.15) is 0 Å².